The molecule has 0 spiro atoms. The van der Waals surface area contributed by atoms with Gasteiger partial charge >= 0.3 is 6.18 Å². The SMILES string of the molecule is C[C@@H](NC(=O)c1ccc(Nc2nccn3c(-c4c[nH]nc4C(F)(F)F)cnc23)cc1Cl)C(=O)N[C@@H]1CCNC1.O=CO. The van der Waals surface area contributed by atoms with E-state index < -0.39 is 23.8 Å². The van der Waals surface area contributed by atoms with Gasteiger partial charge in [-0.1, -0.05) is 11.6 Å². The zero-order chi connectivity index (χ0) is 30.4. The predicted molar refractivity (Wildman–Crippen MR) is 145 cm³/mol. The van der Waals surface area contributed by atoms with E-state index in [1.165, 1.54) is 35.1 Å². The number of carboxylic acid groups (broad SMARTS) is 1. The lowest BCUT2D eigenvalue weighted by Crippen LogP contribution is -2.48. The molecule has 4 aromatic rings. The van der Waals surface area contributed by atoms with Crippen LogP contribution in [0.4, 0.5) is 24.7 Å². The third-order valence-electron chi connectivity index (χ3n) is 6.24. The van der Waals surface area contributed by atoms with Gasteiger partial charge in [-0.05, 0) is 38.1 Å². The van der Waals surface area contributed by atoms with Gasteiger partial charge in [-0.2, -0.15) is 18.3 Å². The number of rotatable bonds is 7. The molecule has 1 fully saturated rings. The summed E-state index contributed by atoms with van der Waals surface area (Å²) in [7, 11) is 0. The Bertz CT molecular complexity index is 1580. The van der Waals surface area contributed by atoms with Crippen LogP contribution in [0, 0.1) is 0 Å². The van der Waals surface area contributed by atoms with Crippen molar-refractivity contribution in [3.8, 4) is 11.3 Å². The highest BCUT2D eigenvalue weighted by Gasteiger charge is 2.37. The van der Waals surface area contributed by atoms with Crippen molar-refractivity contribution in [2.75, 3.05) is 18.4 Å². The highest BCUT2D eigenvalue weighted by Crippen LogP contribution is 2.36. The monoisotopic (exact) mass is 607 g/mol. The lowest BCUT2D eigenvalue weighted by atomic mass is 10.1. The van der Waals surface area contributed by atoms with Gasteiger partial charge in [0.1, 0.15) is 6.04 Å². The molecule has 0 bridgehead atoms. The first kappa shape index (κ1) is 30.3. The van der Waals surface area contributed by atoms with Crippen molar-refractivity contribution < 1.29 is 32.7 Å². The van der Waals surface area contributed by atoms with Crippen molar-refractivity contribution >= 4 is 47.0 Å². The average Bonchev–Trinajstić information content (AvgIpc) is 3.70. The number of H-pyrrole nitrogens is 1. The molecular formula is C25H25ClF3N9O4. The minimum atomic E-state index is -4.65. The van der Waals surface area contributed by atoms with E-state index in [0.717, 1.165) is 19.2 Å². The average molecular weight is 608 g/mol. The van der Waals surface area contributed by atoms with Crippen LogP contribution in [0.15, 0.2) is 43.0 Å². The Balaban J connectivity index is 0.00000129. The number of fused-ring (bicyclic) bond motifs is 1. The van der Waals surface area contributed by atoms with Gasteiger partial charge in [0.2, 0.25) is 5.91 Å². The minimum Gasteiger partial charge on any atom is -0.483 e. The Hall–Kier alpha value is -4.70. The van der Waals surface area contributed by atoms with Crippen LogP contribution in [0.2, 0.25) is 5.02 Å². The lowest BCUT2D eigenvalue weighted by molar-refractivity contribution is -0.140. The summed E-state index contributed by atoms with van der Waals surface area (Å²) in [6.45, 7) is 2.86. The summed E-state index contributed by atoms with van der Waals surface area (Å²) in [4.78, 5) is 42.0. The Morgan fingerprint density at radius 3 is 2.71 bits per heavy atom. The number of nitrogens with one attached hydrogen (secondary N) is 5. The van der Waals surface area contributed by atoms with Crippen molar-refractivity contribution in [1.29, 1.82) is 0 Å². The second kappa shape index (κ2) is 12.9. The Labute approximate surface area is 240 Å². The first-order valence-electron chi connectivity index (χ1n) is 12.4. The number of aromatic nitrogens is 5. The van der Waals surface area contributed by atoms with Crippen LogP contribution in [-0.4, -0.2) is 73.1 Å². The van der Waals surface area contributed by atoms with Crippen LogP contribution in [0.5, 0.6) is 0 Å². The summed E-state index contributed by atoms with van der Waals surface area (Å²) in [5.74, 6) is -0.555. The summed E-state index contributed by atoms with van der Waals surface area (Å²) in [5, 5.41) is 24.3. The summed E-state index contributed by atoms with van der Waals surface area (Å²) in [6, 6.07) is 3.84. The quantitative estimate of drug-likeness (QED) is 0.172. The molecule has 0 unspecified atom stereocenters. The van der Waals surface area contributed by atoms with Crippen LogP contribution in [0.1, 0.15) is 29.4 Å². The zero-order valence-corrected chi connectivity index (χ0v) is 22.6. The third kappa shape index (κ3) is 6.77. The maximum absolute atomic E-state index is 13.4. The van der Waals surface area contributed by atoms with E-state index in [2.05, 4.69) is 41.4 Å². The molecule has 0 radical (unpaired) electrons. The van der Waals surface area contributed by atoms with E-state index >= 15 is 0 Å². The van der Waals surface area contributed by atoms with E-state index in [4.69, 9.17) is 21.5 Å². The van der Waals surface area contributed by atoms with Crippen LogP contribution in [0.3, 0.4) is 0 Å². The number of imidazole rings is 1. The van der Waals surface area contributed by atoms with Crippen molar-refractivity contribution in [3.05, 3.63) is 59.3 Å². The third-order valence-corrected chi connectivity index (χ3v) is 6.55. The standard InChI is InChI=1S/C24H23ClF3N9O2.CH2O2/c1-12(22(38)35-14-4-5-29-9-14)33-23(39)15-3-2-13(8-17(15)25)34-20-21-31-11-18(37(21)7-6-30-20)16-10-32-36-19(16)24(26,27)28;2-1-3/h2-3,6-8,10-12,14,29H,4-5,9H2,1H3,(H,30,34)(H,32,36)(H,33,39)(H,35,38);1H,(H,2,3)/t12-,14-;/m1./s1. The zero-order valence-electron chi connectivity index (χ0n) is 21.9. The molecule has 0 saturated carbocycles. The number of hydrogen-bond donors (Lipinski definition) is 6. The van der Waals surface area contributed by atoms with Crippen molar-refractivity contribution in [2.24, 2.45) is 0 Å². The highest BCUT2D eigenvalue weighted by atomic mass is 35.5. The van der Waals surface area contributed by atoms with Crippen LogP contribution in [0.25, 0.3) is 16.9 Å². The van der Waals surface area contributed by atoms with Gasteiger partial charge in [0.25, 0.3) is 12.4 Å². The van der Waals surface area contributed by atoms with E-state index in [1.54, 1.807) is 13.0 Å². The molecule has 1 aliphatic rings. The maximum atomic E-state index is 13.4. The Morgan fingerprint density at radius 2 is 2.05 bits per heavy atom. The number of carbonyl (C=O) groups is 3. The number of alkyl halides is 3. The number of hydrogen-bond acceptors (Lipinski definition) is 8. The van der Waals surface area contributed by atoms with Gasteiger partial charge in [-0.3, -0.25) is 23.9 Å². The fourth-order valence-corrected chi connectivity index (χ4v) is 4.53. The topological polar surface area (TPSA) is 178 Å². The van der Waals surface area contributed by atoms with E-state index in [0.29, 0.717) is 12.2 Å². The fraction of sp³-hybridized carbons (Fsp3) is 0.280. The molecule has 17 heteroatoms. The molecule has 0 aliphatic carbocycles. The molecule has 13 nitrogen and oxygen atoms in total. The first-order valence-corrected chi connectivity index (χ1v) is 12.8. The summed E-state index contributed by atoms with van der Waals surface area (Å²) >= 11 is 6.37. The normalized spacial score (nSPS) is 15.4. The molecule has 222 valence electrons. The number of carbonyl (C=O) groups excluding carboxylic acids is 2. The minimum absolute atomic E-state index is 0.0291. The molecule has 4 heterocycles. The van der Waals surface area contributed by atoms with Gasteiger partial charge in [0, 0.05) is 36.9 Å². The van der Waals surface area contributed by atoms with E-state index in [-0.39, 0.29) is 51.7 Å². The van der Waals surface area contributed by atoms with E-state index in [1.807, 2.05) is 0 Å². The molecule has 6 N–H and O–H groups in total. The second-order valence-corrected chi connectivity index (χ2v) is 9.48. The molecule has 42 heavy (non-hydrogen) atoms. The molecule has 1 saturated heterocycles. The lowest BCUT2D eigenvalue weighted by Gasteiger charge is -2.18. The fourth-order valence-electron chi connectivity index (χ4n) is 4.27. The number of nitrogens with zero attached hydrogens (tertiary/aromatic N) is 4. The summed E-state index contributed by atoms with van der Waals surface area (Å²) < 4.78 is 41.5. The molecule has 1 aromatic carbocycles. The molecule has 2 amide bonds. The molecular weight excluding hydrogens is 583 g/mol. The van der Waals surface area contributed by atoms with Gasteiger partial charge in [-0.25, -0.2) is 9.97 Å². The summed E-state index contributed by atoms with van der Waals surface area (Å²) in [5.41, 5.74) is -0.160. The number of benzene rings is 1. The van der Waals surface area contributed by atoms with Crippen molar-refractivity contribution in [3.63, 3.8) is 0 Å². The van der Waals surface area contributed by atoms with Gasteiger partial charge in [-0.15, -0.1) is 0 Å². The number of aromatic amines is 1. The number of anilines is 2. The highest BCUT2D eigenvalue weighted by molar-refractivity contribution is 6.34. The molecule has 5 rings (SSSR count). The predicted octanol–water partition coefficient (Wildman–Crippen LogP) is 2.83. The van der Waals surface area contributed by atoms with Gasteiger partial charge in [0.05, 0.1) is 28.0 Å². The Morgan fingerprint density at radius 1 is 1.29 bits per heavy atom. The molecule has 3 aromatic heterocycles. The number of halogens is 4. The van der Waals surface area contributed by atoms with Crippen LogP contribution >= 0.6 is 11.6 Å². The Kier molecular flexibility index (Phi) is 9.27. The van der Waals surface area contributed by atoms with Gasteiger partial charge in [0.15, 0.2) is 17.2 Å². The summed E-state index contributed by atoms with van der Waals surface area (Å²) in [6.07, 6.45) is 1.52. The first-order chi connectivity index (χ1) is 20.0. The largest absolute Gasteiger partial charge is 0.483 e. The van der Waals surface area contributed by atoms with Crippen molar-refractivity contribution in [2.45, 2.75) is 31.6 Å². The second-order valence-electron chi connectivity index (χ2n) is 9.08. The maximum Gasteiger partial charge on any atom is 0.435 e. The smallest absolute Gasteiger partial charge is 0.435 e. The number of amides is 2. The van der Waals surface area contributed by atoms with Crippen LogP contribution in [-0.2, 0) is 15.8 Å². The molecule has 2 atom stereocenters. The molecule has 1 aliphatic heterocycles. The van der Waals surface area contributed by atoms with Crippen molar-refractivity contribution in [1.82, 2.24) is 40.5 Å². The van der Waals surface area contributed by atoms with Crippen LogP contribution < -0.4 is 21.3 Å². The van der Waals surface area contributed by atoms with E-state index in [9.17, 15) is 22.8 Å². The van der Waals surface area contributed by atoms with Gasteiger partial charge < -0.3 is 26.4 Å².